The third-order valence-electron chi connectivity index (χ3n) is 3.97. The highest BCUT2D eigenvalue weighted by molar-refractivity contribution is 9.10. The summed E-state index contributed by atoms with van der Waals surface area (Å²) >= 11 is 3.76. The van der Waals surface area contributed by atoms with Crippen LogP contribution in [0.1, 0.15) is 39.2 Å². The van der Waals surface area contributed by atoms with Gasteiger partial charge in [0.15, 0.2) is 0 Å². The van der Waals surface area contributed by atoms with Crippen molar-refractivity contribution in [1.29, 1.82) is 0 Å². The maximum atomic E-state index is 3.76. The van der Waals surface area contributed by atoms with Crippen LogP contribution in [-0.2, 0) is 6.54 Å². The first kappa shape index (κ1) is 14.9. The van der Waals surface area contributed by atoms with Gasteiger partial charge < -0.3 is 10.2 Å². The van der Waals surface area contributed by atoms with Crippen molar-refractivity contribution in [2.24, 2.45) is 5.92 Å². The smallest absolute Gasteiger partial charge is 0.0513 e. The molecule has 0 radical (unpaired) electrons. The second-order valence-corrected chi connectivity index (χ2v) is 6.57. The fraction of sp³-hybridized carbons (Fsp3) is 0.625. The first-order valence-electron chi connectivity index (χ1n) is 7.39. The van der Waals surface area contributed by atoms with Gasteiger partial charge in [0.05, 0.1) is 5.69 Å². The molecule has 2 nitrogen and oxygen atoms in total. The van der Waals surface area contributed by atoms with Crippen LogP contribution in [0.4, 0.5) is 5.69 Å². The Hall–Kier alpha value is -0.540. The van der Waals surface area contributed by atoms with Crippen molar-refractivity contribution in [3.05, 3.63) is 28.2 Å². The molecular formula is C16H25BrN2. The zero-order chi connectivity index (χ0) is 13.8. The summed E-state index contributed by atoms with van der Waals surface area (Å²) in [6, 6.07) is 7.47. The van der Waals surface area contributed by atoms with Gasteiger partial charge in [-0.05, 0) is 58.9 Å². The van der Waals surface area contributed by atoms with Gasteiger partial charge in [-0.2, -0.15) is 0 Å². The quantitative estimate of drug-likeness (QED) is 0.873. The van der Waals surface area contributed by atoms with Crippen LogP contribution in [0, 0.1) is 5.92 Å². The second-order valence-electron chi connectivity index (χ2n) is 5.71. The Morgan fingerprint density at radius 2 is 2.21 bits per heavy atom. The minimum atomic E-state index is 0.691. The van der Waals surface area contributed by atoms with Crippen LogP contribution in [0.25, 0.3) is 0 Å². The third kappa shape index (κ3) is 3.51. The molecule has 0 spiro atoms. The van der Waals surface area contributed by atoms with E-state index in [9.17, 15) is 0 Å². The maximum absolute atomic E-state index is 3.76. The van der Waals surface area contributed by atoms with Gasteiger partial charge in [0, 0.05) is 23.6 Å². The van der Waals surface area contributed by atoms with Gasteiger partial charge in [-0.15, -0.1) is 0 Å². The predicted octanol–water partition coefficient (Wildman–Crippen LogP) is 4.18. The SMILES string of the molecule is CCNCc1ccc(N2CCCC2C(C)C)c(Br)c1. The third-order valence-corrected chi connectivity index (χ3v) is 4.60. The van der Waals surface area contributed by atoms with E-state index in [1.807, 2.05) is 0 Å². The number of rotatable bonds is 5. The standard InChI is InChI=1S/C16H25BrN2/c1-4-18-11-13-7-8-16(14(17)10-13)19-9-5-6-15(19)12(2)3/h7-8,10,12,15,18H,4-6,9,11H2,1-3H3. The molecule has 1 saturated heterocycles. The molecule has 0 bridgehead atoms. The lowest BCUT2D eigenvalue weighted by molar-refractivity contribution is 0.491. The van der Waals surface area contributed by atoms with E-state index in [-0.39, 0.29) is 0 Å². The fourth-order valence-corrected chi connectivity index (χ4v) is 3.60. The van der Waals surface area contributed by atoms with E-state index in [1.54, 1.807) is 0 Å². The number of nitrogens with zero attached hydrogens (tertiary/aromatic N) is 1. The van der Waals surface area contributed by atoms with Gasteiger partial charge >= 0.3 is 0 Å². The highest BCUT2D eigenvalue weighted by Crippen LogP contribution is 2.35. The van der Waals surface area contributed by atoms with Crippen molar-refractivity contribution in [1.82, 2.24) is 5.32 Å². The summed E-state index contributed by atoms with van der Waals surface area (Å²) in [5.74, 6) is 0.718. The van der Waals surface area contributed by atoms with Crippen molar-refractivity contribution in [2.75, 3.05) is 18.0 Å². The van der Waals surface area contributed by atoms with Crippen LogP contribution in [0.2, 0.25) is 0 Å². The largest absolute Gasteiger partial charge is 0.367 e. The minimum absolute atomic E-state index is 0.691. The van der Waals surface area contributed by atoms with E-state index in [0.29, 0.717) is 6.04 Å². The second kappa shape index (κ2) is 6.76. The van der Waals surface area contributed by atoms with Crippen LogP contribution >= 0.6 is 15.9 Å². The highest BCUT2D eigenvalue weighted by Gasteiger charge is 2.28. The first-order chi connectivity index (χ1) is 9.13. The van der Waals surface area contributed by atoms with E-state index in [0.717, 1.165) is 19.0 Å². The van der Waals surface area contributed by atoms with Gasteiger partial charge in [-0.1, -0.05) is 26.8 Å². The molecule has 0 saturated carbocycles. The molecule has 1 unspecified atom stereocenters. The number of hydrogen-bond donors (Lipinski definition) is 1. The molecule has 106 valence electrons. The van der Waals surface area contributed by atoms with Crippen LogP contribution in [0.15, 0.2) is 22.7 Å². The average molecular weight is 325 g/mol. The topological polar surface area (TPSA) is 15.3 Å². The summed E-state index contributed by atoms with van der Waals surface area (Å²) in [5.41, 5.74) is 2.70. The van der Waals surface area contributed by atoms with Crippen LogP contribution in [-0.4, -0.2) is 19.1 Å². The Balaban J connectivity index is 2.16. The number of benzene rings is 1. The molecule has 1 N–H and O–H groups in total. The molecule has 0 amide bonds. The minimum Gasteiger partial charge on any atom is -0.367 e. The zero-order valence-electron chi connectivity index (χ0n) is 12.2. The summed E-state index contributed by atoms with van der Waals surface area (Å²) < 4.78 is 1.23. The molecule has 1 fully saturated rings. The zero-order valence-corrected chi connectivity index (χ0v) is 13.8. The van der Waals surface area contributed by atoms with Gasteiger partial charge in [0.25, 0.3) is 0 Å². The lowest BCUT2D eigenvalue weighted by atomic mass is 10.0. The van der Waals surface area contributed by atoms with Crippen molar-refractivity contribution in [2.45, 2.75) is 46.2 Å². The van der Waals surface area contributed by atoms with E-state index < -0.39 is 0 Å². The monoisotopic (exact) mass is 324 g/mol. The van der Waals surface area contributed by atoms with Crippen LogP contribution < -0.4 is 10.2 Å². The van der Waals surface area contributed by atoms with Gasteiger partial charge in [-0.3, -0.25) is 0 Å². The van der Waals surface area contributed by atoms with Crippen molar-refractivity contribution in [3.8, 4) is 0 Å². The lowest BCUT2D eigenvalue weighted by Gasteiger charge is -2.30. The fourth-order valence-electron chi connectivity index (χ4n) is 2.95. The molecule has 1 aromatic rings. The Morgan fingerprint density at radius 1 is 1.42 bits per heavy atom. The summed E-state index contributed by atoms with van der Waals surface area (Å²) in [5, 5.41) is 3.37. The van der Waals surface area contributed by atoms with Crippen molar-refractivity contribution < 1.29 is 0 Å². The molecule has 1 heterocycles. The molecule has 0 aliphatic carbocycles. The maximum Gasteiger partial charge on any atom is 0.0513 e. The Bertz CT molecular complexity index is 417. The van der Waals surface area contributed by atoms with Gasteiger partial charge in [-0.25, -0.2) is 0 Å². The van der Waals surface area contributed by atoms with E-state index in [4.69, 9.17) is 0 Å². The number of halogens is 1. The summed E-state index contributed by atoms with van der Waals surface area (Å²) in [4.78, 5) is 2.58. The molecule has 1 aliphatic rings. The molecule has 2 rings (SSSR count). The molecule has 0 aromatic heterocycles. The molecule has 1 aliphatic heterocycles. The molecule has 1 aromatic carbocycles. The molecule has 3 heteroatoms. The molecular weight excluding hydrogens is 300 g/mol. The predicted molar refractivity (Wildman–Crippen MR) is 86.7 cm³/mol. The Morgan fingerprint density at radius 3 is 2.84 bits per heavy atom. The highest BCUT2D eigenvalue weighted by atomic mass is 79.9. The number of anilines is 1. The lowest BCUT2D eigenvalue weighted by Crippen LogP contribution is -2.33. The van der Waals surface area contributed by atoms with E-state index in [2.05, 4.69) is 65.1 Å². The normalized spacial score (nSPS) is 19.4. The molecule has 1 atom stereocenters. The van der Waals surface area contributed by atoms with Crippen molar-refractivity contribution >= 4 is 21.6 Å². The van der Waals surface area contributed by atoms with Crippen LogP contribution in [0.3, 0.4) is 0 Å². The summed E-state index contributed by atoms with van der Waals surface area (Å²) in [7, 11) is 0. The Labute approximate surface area is 125 Å². The van der Waals surface area contributed by atoms with Crippen molar-refractivity contribution in [3.63, 3.8) is 0 Å². The van der Waals surface area contributed by atoms with E-state index in [1.165, 1.54) is 35.1 Å². The Kier molecular flexibility index (Phi) is 5.28. The van der Waals surface area contributed by atoms with Gasteiger partial charge in [0.2, 0.25) is 0 Å². The first-order valence-corrected chi connectivity index (χ1v) is 8.18. The molecule has 19 heavy (non-hydrogen) atoms. The van der Waals surface area contributed by atoms with Crippen LogP contribution in [0.5, 0.6) is 0 Å². The summed E-state index contributed by atoms with van der Waals surface area (Å²) in [6.45, 7) is 9.95. The van der Waals surface area contributed by atoms with E-state index >= 15 is 0 Å². The summed E-state index contributed by atoms with van der Waals surface area (Å²) in [6.07, 6.45) is 2.64. The number of nitrogens with one attached hydrogen (secondary N) is 1. The number of hydrogen-bond acceptors (Lipinski definition) is 2. The van der Waals surface area contributed by atoms with Gasteiger partial charge in [0.1, 0.15) is 0 Å². The average Bonchev–Trinajstić information content (AvgIpc) is 2.85.